The number of primary amides is 1. The standard InChI is InChI=1S/C21H23N3O6/c1-3-29-17-10-6-15(7-11-17)21(28)23-12-18(25)30-13(2)20(27)24-16-8-4-14(5-9-16)19(22)26/h4-11,13H,3,12H2,1-2H3,(H2,22,26)(H,23,28)(H,24,27). The molecule has 0 aromatic heterocycles. The van der Waals surface area contributed by atoms with Crippen LogP contribution in [0.1, 0.15) is 34.6 Å². The van der Waals surface area contributed by atoms with Gasteiger partial charge in [-0.2, -0.15) is 0 Å². The molecular formula is C21H23N3O6. The minimum atomic E-state index is -1.09. The summed E-state index contributed by atoms with van der Waals surface area (Å²) in [6, 6.07) is 12.4. The SMILES string of the molecule is CCOc1ccc(C(=O)NCC(=O)OC(C)C(=O)Nc2ccc(C(N)=O)cc2)cc1. The van der Waals surface area contributed by atoms with Crippen molar-refractivity contribution in [3.63, 3.8) is 0 Å². The molecule has 1 atom stereocenters. The number of esters is 1. The lowest BCUT2D eigenvalue weighted by atomic mass is 10.2. The molecule has 0 aliphatic heterocycles. The molecule has 30 heavy (non-hydrogen) atoms. The Hall–Kier alpha value is -3.88. The van der Waals surface area contributed by atoms with Crippen LogP contribution in [0.3, 0.4) is 0 Å². The van der Waals surface area contributed by atoms with Gasteiger partial charge >= 0.3 is 5.97 Å². The molecule has 1 unspecified atom stereocenters. The maximum atomic E-state index is 12.1. The summed E-state index contributed by atoms with van der Waals surface area (Å²) >= 11 is 0. The van der Waals surface area contributed by atoms with Gasteiger partial charge in [0, 0.05) is 16.8 Å². The molecule has 0 saturated heterocycles. The van der Waals surface area contributed by atoms with Crippen molar-refractivity contribution in [2.24, 2.45) is 5.73 Å². The van der Waals surface area contributed by atoms with Gasteiger partial charge in [0.25, 0.3) is 11.8 Å². The van der Waals surface area contributed by atoms with Crippen LogP contribution in [0.15, 0.2) is 48.5 Å². The topological polar surface area (TPSA) is 137 Å². The molecule has 2 rings (SSSR count). The summed E-state index contributed by atoms with van der Waals surface area (Å²) in [5.74, 6) is -1.73. The molecule has 4 N–H and O–H groups in total. The van der Waals surface area contributed by atoms with Gasteiger partial charge in [0.05, 0.1) is 6.61 Å². The molecule has 2 aromatic rings. The average molecular weight is 413 g/mol. The van der Waals surface area contributed by atoms with Crippen LogP contribution in [0.25, 0.3) is 0 Å². The Morgan fingerprint density at radius 2 is 1.57 bits per heavy atom. The first-order valence-electron chi connectivity index (χ1n) is 9.21. The first-order chi connectivity index (χ1) is 14.3. The van der Waals surface area contributed by atoms with Crippen LogP contribution < -0.4 is 21.1 Å². The van der Waals surface area contributed by atoms with Crippen molar-refractivity contribution in [2.75, 3.05) is 18.5 Å². The fourth-order valence-electron chi connectivity index (χ4n) is 2.38. The lowest BCUT2D eigenvalue weighted by Crippen LogP contribution is -2.35. The number of ether oxygens (including phenoxy) is 2. The van der Waals surface area contributed by atoms with Crippen molar-refractivity contribution in [3.05, 3.63) is 59.7 Å². The smallest absolute Gasteiger partial charge is 0.326 e. The van der Waals surface area contributed by atoms with E-state index in [1.807, 2.05) is 6.92 Å². The molecular weight excluding hydrogens is 390 g/mol. The molecule has 9 nitrogen and oxygen atoms in total. The van der Waals surface area contributed by atoms with Crippen molar-refractivity contribution in [3.8, 4) is 5.75 Å². The van der Waals surface area contributed by atoms with E-state index in [1.165, 1.54) is 31.2 Å². The normalized spacial score (nSPS) is 11.1. The lowest BCUT2D eigenvalue weighted by molar-refractivity contribution is -0.152. The molecule has 0 spiro atoms. The first kappa shape index (κ1) is 22.4. The van der Waals surface area contributed by atoms with E-state index in [-0.39, 0.29) is 0 Å². The van der Waals surface area contributed by atoms with Gasteiger partial charge in [0.15, 0.2) is 6.10 Å². The van der Waals surface area contributed by atoms with Gasteiger partial charge < -0.3 is 25.8 Å². The summed E-state index contributed by atoms with van der Waals surface area (Å²) in [4.78, 5) is 47.2. The summed E-state index contributed by atoms with van der Waals surface area (Å²) in [6.45, 7) is 3.38. The van der Waals surface area contributed by atoms with Crippen LogP contribution >= 0.6 is 0 Å². The van der Waals surface area contributed by atoms with Gasteiger partial charge in [0.2, 0.25) is 5.91 Å². The van der Waals surface area contributed by atoms with Crippen molar-refractivity contribution in [1.82, 2.24) is 5.32 Å². The van der Waals surface area contributed by atoms with Crippen molar-refractivity contribution >= 4 is 29.4 Å². The molecule has 158 valence electrons. The summed E-state index contributed by atoms with van der Waals surface area (Å²) in [5.41, 5.74) is 6.23. The van der Waals surface area contributed by atoms with Gasteiger partial charge in [-0.25, -0.2) is 0 Å². The fourth-order valence-corrected chi connectivity index (χ4v) is 2.38. The van der Waals surface area contributed by atoms with E-state index in [4.69, 9.17) is 15.2 Å². The van der Waals surface area contributed by atoms with Crippen molar-refractivity contribution in [1.29, 1.82) is 0 Å². The quantitative estimate of drug-likeness (QED) is 0.533. The maximum absolute atomic E-state index is 12.1. The number of nitrogens with two attached hydrogens (primary N) is 1. The molecule has 9 heteroatoms. The second kappa shape index (κ2) is 10.6. The monoisotopic (exact) mass is 413 g/mol. The van der Waals surface area contributed by atoms with Crippen LogP contribution in [0.2, 0.25) is 0 Å². The molecule has 0 saturated carbocycles. The second-order valence-corrected chi connectivity index (χ2v) is 6.20. The zero-order chi connectivity index (χ0) is 22.1. The number of anilines is 1. The molecule has 0 fully saturated rings. The summed E-state index contributed by atoms with van der Waals surface area (Å²) < 4.78 is 10.3. The van der Waals surface area contributed by atoms with Crippen molar-refractivity contribution < 1.29 is 28.7 Å². The third-order valence-corrected chi connectivity index (χ3v) is 3.94. The second-order valence-electron chi connectivity index (χ2n) is 6.20. The Kier molecular flexibility index (Phi) is 7.92. The predicted molar refractivity (Wildman–Crippen MR) is 109 cm³/mol. The highest BCUT2D eigenvalue weighted by atomic mass is 16.5. The number of amides is 3. The maximum Gasteiger partial charge on any atom is 0.326 e. The third kappa shape index (κ3) is 6.62. The number of nitrogens with one attached hydrogen (secondary N) is 2. The van der Waals surface area contributed by atoms with E-state index in [2.05, 4.69) is 10.6 Å². The van der Waals surface area contributed by atoms with Gasteiger partial charge in [0.1, 0.15) is 12.3 Å². The third-order valence-electron chi connectivity index (χ3n) is 3.94. The Bertz CT molecular complexity index is 909. The van der Waals surface area contributed by atoms with E-state index in [1.54, 1.807) is 24.3 Å². The van der Waals surface area contributed by atoms with Crippen LogP contribution in [0.4, 0.5) is 5.69 Å². The number of hydrogen-bond donors (Lipinski definition) is 3. The van der Waals surface area contributed by atoms with Crippen LogP contribution in [-0.2, 0) is 14.3 Å². The molecule has 0 radical (unpaired) electrons. The van der Waals surface area contributed by atoms with Crippen LogP contribution in [-0.4, -0.2) is 42.9 Å². The minimum absolute atomic E-state index is 0.302. The van der Waals surface area contributed by atoms with E-state index < -0.39 is 36.3 Å². The van der Waals surface area contributed by atoms with E-state index in [0.717, 1.165) is 0 Å². The Balaban J connectivity index is 1.79. The van der Waals surface area contributed by atoms with Crippen LogP contribution in [0.5, 0.6) is 5.75 Å². The lowest BCUT2D eigenvalue weighted by Gasteiger charge is -2.14. The number of carbonyl (C=O) groups is 4. The predicted octanol–water partition coefficient (Wildman–Crippen LogP) is 1.48. The summed E-state index contributed by atoms with van der Waals surface area (Å²) in [5, 5.41) is 4.98. The van der Waals surface area contributed by atoms with E-state index in [0.29, 0.717) is 29.2 Å². The minimum Gasteiger partial charge on any atom is -0.494 e. The van der Waals surface area contributed by atoms with Gasteiger partial charge in [-0.05, 0) is 62.4 Å². The molecule has 0 aliphatic rings. The molecule has 0 heterocycles. The van der Waals surface area contributed by atoms with Gasteiger partial charge in [-0.15, -0.1) is 0 Å². The molecule has 2 aromatic carbocycles. The largest absolute Gasteiger partial charge is 0.494 e. The van der Waals surface area contributed by atoms with E-state index in [9.17, 15) is 19.2 Å². The zero-order valence-corrected chi connectivity index (χ0v) is 16.6. The highest BCUT2D eigenvalue weighted by Crippen LogP contribution is 2.12. The Morgan fingerprint density at radius 1 is 0.967 bits per heavy atom. The number of hydrogen-bond acceptors (Lipinski definition) is 6. The molecule has 0 aliphatic carbocycles. The summed E-state index contributed by atoms with van der Waals surface area (Å²) in [7, 11) is 0. The highest BCUT2D eigenvalue weighted by molar-refractivity contribution is 5.98. The number of benzene rings is 2. The Labute approximate surface area is 173 Å². The average Bonchev–Trinajstić information content (AvgIpc) is 2.73. The van der Waals surface area contributed by atoms with Gasteiger partial charge in [-0.1, -0.05) is 0 Å². The van der Waals surface area contributed by atoms with E-state index >= 15 is 0 Å². The number of carbonyl (C=O) groups excluding carboxylic acids is 4. The summed E-state index contributed by atoms with van der Waals surface area (Å²) in [6.07, 6.45) is -1.09. The zero-order valence-electron chi connectivity index (χ0n) is 16.6. The molecule has 3 amide bonds. The van der Waals surface area contributed by atoms with Gasteiger partial charge in [-0.3, -0.25) is 19.2 Å². The van der Waals surface area contributed by atoms with Crippen LogP contribution in [0, 0.1) is 0 Å². The van der Waals surface area contributed by atoms with Crippen molar-refractivity contribution in [2.45, 2.75) is 20.0 Å². The highest BCUT2D eigenvalue weighted by Gasteiger charge is 2.18. The first-order valence-corrected chi connectivity index (χ1v) is 9.21. The molecule has 0 bridgehead atoms. The fraction of sp³-hybridized carbons (Fsp3) is 0.238. The Morgan fingerprint density at radius 3 is 2.13 bits per heavy atom. The number of rotatable bonds is 9.